The molecule has 7 heteroatoms. The van der Waals surface area contributed by atoms with Crippen LogP contribution in [0.3, 0.4) is 0 Å². The molecule has 0 aliphatic rings. The fourth-order valence-electron chi connectivity index (χ4n) is 1.64. The Balaban J connectivity index is 2.27. The number of aryl methyl sites for hydroxylation is 1. The van der Waals surface area contributed by atoms with Gasteiger partial charge in [0, 0.05) is 23.6 Å². The maximum absolute atomic E-state index is 10.7. The Bertz CT molecular complexity index is 565. The van der Waals surface area contributed by atoms with E-state index in [9.17, 15) is 4.79 Å². The van der Waals surface area contributed by atoms with Crippen LogP contribution in [0.15, 0.2) is 16.7 Å². The summed E-state index contributed by atoms with van der Waals surface area (Å²) >= 11 is 3.32. The summed E-state index contributed by atoms with van der Waals surface area (Å²) in [6.45, 7) is 0.583. The maximum Gasteiger partial charge on any atom is 0.217 e. The van der Waals surface area contributed by atoms with Crippen molar-refractivity contribution in [2.24, 2.45) is 5.73 Å². The Kier molecular flexibility index (Phi) is 3.28. The number of hydrogen-bond acceptors (Lipinski definition) is 4. The Hall–Kier alpha value is -1.63. The number of aromatic nitrogens is 3. The molecule has 0 aromatic carbocycles. The van der Waals surface area contributed by atoms with Crippen molar-refractivity contribution in [2.75, 3.05) is 5.73 Å². The van der Waals surface area contributed by atoms with Gasteiger partial charge >= 0.3 is 0 Å². The van der Waals surface area contributed by atoms with Gasteiger partial charge in [-0.1, -0.05) is 0 Å². The third kappa shape index (κ3) is 2.55. The van der Waals surface area contributed by atoms with Crippen LogP contribution in [0.5, 0.6) is 0 Å². The number of rotatable bonds is 4. The second-order valence-corrected chi connectivity index (χ2v) is 4.60. The predicted molar refractivity (Wildman–Crippen MR) is 68.1 cm³/mol. The molecule has 0 spiro atoms. The molecular formula is C10H12BrN5O. The normalized spacial score (nSPS) is 10.9. The largest absolute Gasteiger partial charge is 0.370 e. The lowest BCUT2D eigenvalue weighted by Gasteiger charge is -2.04. The van der Waals surface area contributed by atoms with Crippen LogP contribution in [0.1, 0.15) is 12.8 Å². The number of nitrogens with two attached hydrogens (primary N) is 2. The maximum atomic E-state index is 10.7. The lowest BCUT2D eigenvalue weighted by molar-refractivity contribution is -0.118. The molecule has 0 saturated heterocycles. The summed E-state index contributed by atoms with van der Waals surface area (Å²) in [4.78, 5) is 19.1. The van der Waals surface area contributed by atoms with Crippen molar-refractivity contribution in [3.05, 3.63) is 16.7 Å². The highest BCUT2D eigenvalue weighted by molar-refractivity contribution is 9.10. The SMILES string of the molecule is NC(=O)CCCn1c(N)nc2cc(Br)cnc21. The molecule has 0 radical (unpaired) electrons. The smallest absolute Gasteiger partial charge is 0.217 e. The number of imidazole rings is 1. The molecule has 90 valence electrons. The van der Waals surface area contributed by atoms with E-state index in [4.69, 9.17) is 11.5 Å². The molecule has 2 aromatic rings. The molecule has 6 nitrogen and oxygen atoms in total. The number of carbonyl (C=O) groups excluding carboxylic acids is 1. The molecule has 17 heavy (non-hydrogen) atoms. The first-order valence-electron chi connectivity index (χ1n) is 5.13. The lowest BCUT2D eigenvalue weighted by atomic mass is 10.3. The number of anilines is 1. The molecule has 0 atom stereocenters. The standard InChI is InChI=1S/C10H12BrN5O/c11-6-4-7-9(14-5-6)16(10(13)15-7)3-1-2-8(12)17/h4-5H,1-3H2,(H2,12,17)(H2,13,15). The van der Waals surface area contributed by atoms with E-state index < -0.39 is 0 Å². The number of nitrogens with zero attached hydrogens (tertiary/aromatic N) is 3. The van der Waals surface area contributed by atoms with Crippen LogP contribution < -0.4 is 11.5 Å². The van der Waals surface area contributed by atoms with Gasteiger partial charge in [0.05, 0.1) is 0 Å². The fraction of sp³-hybridized carbons (Fsp3) is 0.300. The summed E-state index contributed by atoms with van der Waals surface area (Å²) < 4.78 is 2.64. The van der Waals surface area contributed by atoms with Crippen molar-refractivity contribution >= 4 is 38.9 Å². The van der Waals surface area contributed by atoms with Gasteiger partial charge in [-0.15, -0.1) is 0 Å². The number of pyridine rings is 1. The number of nitrogen functional groups attached to an aromatic ring is 1. The van der Waals surface area contributed by atoms with Gasteiger partial charge in [-0.3, -0.25) is 9.36 Å². The van der Waals surface area contributed by atoms with Crippen LogP contribution in [0.2, 0.25) is 0 Å². The van der Waals surface area contributed by atoms with E-state index in [0.717, 1.165) is 15.6 Å². The Morgan fingerprint density at radius 2 is 2.29 bits per heavy atom. The quantitative estimate of drug-likeness (QED) is 0.880. The zero-order valence-corrected chi connectivity index (χ0v) is 10.6. The lowest BCUT2D eigenvalue weighted by Crippen LogP contribution is -2.12. The molecule has 1 amide bonds. The first-order chi connectivity index (χ1) is 8.08. The van der Waals surface area contributed by atoms with Crippen LogP contribution in [-0.4, -0.2) is 20.4 Å². The van der Waals surface area contributed by atoms with E-state index in [0.29, 0.717) is 25.3 Å². The number of amides is 1. The van der Waals surface area contributed by atoms with E-state index >= 15 is 0 Å². The molecule has 0 aliphatic heterocycles. The molecule has 0 unspecified atom stereocenters. The first-order valence-corrected chi connectivity index (χ1v) is 5.93. The van der Waals surface area contributed by atoms with Gasteiger partial charge in [0.15, 0.2) is 5.65 Å². The summed E-state index contributed by atoms with van der Waals surface area (Å²) in [6.07, 6.45) is 2.65. The minimum Gasteiger partial charge on any atom is -0.370 e. The highest BCUT2D eigenvalue weighted by Crippen LogP contribution is 2.19. The molecular weight excluding hydrogens is 286 g/mol. The molecule has 2 aromatic heterocycles. The average molecular weight is 298 g/mol. The Morgan fingerprint density at radius 3 is 3.00 bits per heavy atom. The van der Waals surface area contributed by atoms with E-state index in [1.807, 2.05) is 6.07 Å². The van der Waals surface area contributed by atoms with Gasteiger partial charge in [0.25, 0.3) is 0 Å². The van der Waals surface area contributed by atoms with E-state index in [1.54, 1.807) is 10.8 Å². The fourth-order valence-corrected chi connectivity index (χ4v) is 1.95. The summed E-state index contributed by atoms with van der Waals surface area (Å²) in [6, 6.07) is 1.85. The topological polar surface area (TPSA) is 99.8 Å². The van der Waals surface area contributed by atoms with Crippen molar-refractivity contribution < 1.29 is 4.79 Å². The third-order valence-corrected chi connectivity index (χ3v) is 2.82. The number of primary amides is 1. The zero-order valence-electron chi connectivity index (χ0n) is 9.06. The molecule has 0 bridgehead atoms. The molecule has 0 fully saturated rings. The van der Waals surface area contributed by atoms with Crippen molar-refractivity contribution in [3.63, 3.8) is 0 Å². The number of halogens is 1. The minimum absolute atomic E-state index is 0.316. The summed E-state index contributed by atoms with van der Waals surface area (Å²) in [7, 11) is 0. The van der Waals surface area contributed by atoms with Gasteiger partial charge in [-0.2, -0.15) is 0 Å². The molecule has 0 saturated carbocycles. The molecule has 4 N–H and O–H groups in total. The van der Waals surface area contributed by atoms with Crippen LogP contribution in [0, 0.1) is 0 Å². The van der Waals surface area contributed by atoms with Crippen LogP contribution in [0.4, 0.5) is 5.95 Å². The minimum atomic E-state index is -0.316. The monoisotopic (exact) mass is 297 g/mol. The van der Waals surface area contributed by atoms with Crippen molar-refractivity contribution in [2.45, 2.75) is 19.4 Å². The third-order valence-electron chi connectivity index (χ3n) is 2.39. The number of hydrogen-bond donors (Lipinski definition) is 2. The van der Waals surface area contributed by atoms with E-state index in [2.05, 4.69) is 25.9 Å². The van der Waals surface area contributed by atoms with Gasteiger partial charge < -0.3 is 11.5 Å². The Labute approximate surface area is 106 Å². The first kappa shape index (κ1) is 11.8. The van der Waals surface area contributed by atoms with Crippen LogP contribution >= 0.6 is 15.9 Å². The number of fused-ring (bicyclic) bond motifs is 1. The van der Waals surface area contributed by atoms with E-state index in [1.165, 1.54) is 0 Å². The molecule has 2 heterocycles. The van der Waals surface area contributed by atoms with Gasteiger partial charge in [0.2, 0.25) is 11.9 Å². The second-order valence-electron chi connectivity index (χ2n) is 3.69. The van der Waals surface area contributed by atoms with Gasteiger partial charge in [-0.25, -0.2) is 9.97 Å². The summed E-state index contributed by atoms with van der Waals surface area (Å²) in [5.41, 5.74) is 12.3. The Morgan fingerprint density at radius 1 is 1.53 bits per heavy atom. The van der Waals surface area contributed by atoms with Crippen LogP contribution in [0.25, 0.3) is 11.2 Å². The highest BCUT2D eigenvalue weighted by atomic mass is 79.9. The van der Waals surface area contributed by atoms with Gasteiger partial charge in [-0.05, 0) is 28.4 Å². The van der Waals surface area contributed by atoms with Crippen LogP contribution in [-0.2, 0) is 11.3 Å². The zero-order chi connectivity index (χ0) is 12.4. The molecule has 0 aliphatic carbocycles. The average Bonchev–Trinajstić information content (AvgIpc) is 2.54. The van der Waals surface area contributed by atoms with Gasteiger partial charge in [0.1, 0.15) is 5.52 Å². The number of carbonyl (C=O) groups is 1. The highest BCUT2D eigenvalue weighted by Gasteiger charge is 2.09. The van der Waals surface area contributed by atoms with Crippen molar-refractivity contribution in [1.29, 1.82) is 0 Å². The summed E-state index contributed by atoms with van der Waals surface area (Å²) in [5.74, 6) is 0.0822. The molecule has 2 rings (SSSR count). The van der Waals surface area contributed by atoms with Crippen molar-refractivity contribution in [1.82, 2.24) is 14.5 Å². The van der Waals surface area contributed by atoms with Crippen molar-refractivity contribution in [3.8, 4) is 0 Å². The summed E-state index contributed by atoms with van der Waals surface area (Å²) in [5, 5.41) is 0. The second kappa shape index (κ2) is 4.70. The van der Waals surface area contributed by atoms with E-state index in [-0.39, 0.29) is 5.91 Å². The predicted octanol–water partition coefficient (Wildman–Crippen LogP) is 1.04.